The van der Waals surface area contributed by atoms with Crippen molar-refractivity contribution < 1.29 is 4.79 Å². The van der Waals surface area contributed by atoms with Crippen molar-refractivity contribution >= 4 is 5.91 Å². The van der Waals surface area contributed by atoms with Gasteiger partial charge in [0.2, 0.25) is 5.91 Å². The van der Waals surface area contributed by atoms with Gasteiger partial charge in [-0.05, 0) is 12.5 Å². The first-order chi connectivity index (χ1) is 8.18. The third-order valence-corrected chi connectivity index (χ3v) is 3.42. The Kier molecular flexibility index (Phi) is 3.78. The Morgan fingerprint density at radius 1 is 1.65 bits per heavy atom. The summed E-state index contributed by atoms with van der Waals surface area (Å²) in [6.07, 6.45) is 4.48. The fraction of sp³-hybridized carbons (Fsp3) is 0.667. The van der Waals surface area contributed by atoms with Gasteiger partial charge in [-0.15, -0.1) is 0 Å². The summed E-state index contributed by atoms with van der Waals surface area (Å²) in [6.45, 7) is 4.52. The van der Waals surface area contributed by atoms with E-state index < -0.39 is 0 Å². The Bertz CT molecular complexity index is 388. The summed E-state index contributed by atoms with van der Waals surface area (Å²) in [4.78, 5) is 16.1. The minimum absolute atomic E-state index is 0.122. The van der Waals surface area contributed by atoms with E-state index in [2.05, 4.69) is 22.5 Å². The average molecular weight is 236 g/mol. The van der Waals surface area contributed by atoms with Crippen LogP contribution in [0, 0.1) is 11.8 Å². The molecule has 1 saturated heterocycles. The number of hydrogen-bond acceptors (Lipinski definition) is 3. The highest BCUT2D eigenvalue weighted by Crippen LogP contribution is 2.15. The lowest BCUT2D eigenvalue weighted by Gasteiger charge is -2.13. The number of carbonyl (C=O) groups is 1. The van der Waals surface area contributed by atoms with E-state index in [0.717, 1.165) is 25.3 Å². The lowest BCUT2D eigenvalue weighted by atomic mass is 9.97. The van der Waals surface area contributed by atoms with Gasteiger partial charge in [-0.3, -0.25) is 4.79 Å². The summed E-state index contributed by atoms with van der Waals surface area (Å²) in [5, 5.41) is 6.23. The second-order valence-corrected chi connectivity index (χ2v) is 4.74. The van der Waals surface area contributed by atoms with E-state index in [-0.39, 0.29) is 11.8 Å². The average Bonchev–Trinajstić information content (AvgIpc) is 2.88. The molecule has 5 nitrogen and oxygen atoms in total. The molecule has 5 heteroatoms. The minimum atomic E-state index is 0.122. The fourth-order valence-electron chi connectivity index (χ4n) is 2.23. The van der Waals surface area contributed by atoms with Crippen LogP contribution in [0.3, 0.4) is 0 Å². The molecule has 2 atom stereocenters. The van der Waals surface area contributed by atoms with Gasteiger partial charge in [0.05, 0.1) is 5.92 Å². The molecule has 0 bridgehead atoms. The highest BCUT2D eigenvalue weighted by atomic mass is 16.1. The van der Waals surface area contributed by atoms with E-state index in [4.69, 9.17) is 0 Å². The van der Waals surface area contributed by atoms with Gasteiger partial charge in [-0.2, -0.15) is 0 Å². The van der Waals surface area contributed by atoms with Gasteiger partial charge < -0.3 is 15.2 Å². The minimum Gasteiger partial charge on any atom is -0.355 e. The molecule has 2 heterocycles. The predicted octanol–water partition coefficient (Wildman–Crippen LogP) is -0.0657. The summed E-state index contributed by atoms with van der Waals surface area (Å²) in [6, 6.07) is 0. The molecule has 17 heavy (non-hydrogen) atoms. The molecule has 0 aliphatic carbocycles. The topological polar surface area (TPSA) is 59.0 Å². The number of nitrogens with one attached hydrogen (secondary N) is 2. The molecule has 1 amide bonds. The fourth-order valence-corrected chi connectivity index (χ4v) is 2.23. The first kappa shape index (κ1) is 12.1. The third-order valence-electron chi connectivity index (χ3n) is 3.42. The maximum absolute atomic E-state index is 11.9. The van der Waals surface area contributed by atoms with Crippen molar-refractivity contribution in [2.75, 3.05) is 19.6 Å². The van der Waals surface area contributed by atoms with Gasteiger partial charge in [-0.1, -0.05) is 6.92 Å². The van der Waals surface area contributed by atoms with Crippen molar-refractivity contribution in [3.8, 4) is 0 Å². The van der Waals surface area contributed by atoms with Crippen LogP contribution in [0.25, 0.3) is 0 Å². The highest BCUT2D eigenvalue weighted by Gasteiger charge is 2.29. The van der Waals surface area contributed by atoms with Crippen LogP contribution in [0.4, 0.5) is 0 Å². The smallest absolute Gasteiger partial charge is 0.224 e. The molecule has 2 unspecified atom stereocenters. The molecule has 1 aromatic heterocycles. The van der Waals surface area contributed by atoms with Crippen LogP contribution < -0.4 is 10.6 Å². The van der Waals surface area contributed by atoms with Gasteiger partial charge in [0.25, 0.3) is 0 Å². The molecular formula is C12H20N4O. The van der Waals surface area contributed by atoms with Crippen LogP contribution in [0.2, 0.25) is 0 Å². The van der Waals surface area contributed by atoms with Crippen LogP contribution in [0.15, 0.2) is 12.4 Å². The second kappa shape index (κ2) is 5.31. The SMILES string of the molecule is CC1CNCC1C(=O)NCCc1nccn1C. The Balaban J connectivity index is 1.75. The quantitative estimate of drug-likeness (QED) is 0.769. The summed E-state index contributed by atoms with van der Waals surface area (Å²) in [7, 11) is 1.97. The van der Waals surface area contributed by atoms with E-state index in [1.54, 1.807) is 6.20 Å². The maximum atomic E-state index is 11.9. The van der Waals surface area contributed by atoms with E-state index in [0.29, 0.717) is 12.5 Å². The molecule has 0 saturated carbocycles. The largest absolute Gasteiger partial charge is 0.355 e. The van der Waals surface area contributed by atoms with Gasteiger partial charge in [0.15, 0.2) is 0 Å². The Labute approximate surface area is 102 Å². The molecule has 1 aromatic rings. The Morgan fingerprint density at radius 3 is 3.06 bits per heavy atom. The number of aromatic nitrogens is 2. The Morgan fingerprint density at radius 2 is 2.47 bits per heavy atom. The molecule has 1 aliphatic rings. The van der Waals surface area contributed by atoms with E-state index in [1.807, 2.05) is 17.8 Å². The lowest BCUT2D eigenvalue weighted by molar-refractivity contribution is -0.125. The van der Waals surface area contributed by atoms with Crippen molar-refractivity contribution in [2.24, 2.45) is 18.9 Å². The zero-order chi connectivity index (χ0) is 12.3. The molecule has 0 aromatic carbocycles. The van der Waals surface area contributed by atoms with Crippen LogP contribution in [-0.4, -0.2) is 35.1 Å². The zero-order valence-electron chi connectivity index (χ0n) is 10.4. The Hall–Kier alpha value is -1.36. The first-order valence-electron chi connectivity index (χ1n) is 6.13. The van der Waals surface area contributed by atoms with Crippen LogP contribution >= 0.6 is 0 Å². The number of rotatable bonds is 4. The van der Waals surface area contributed by atoms with Gasteiger partial charge in [0.1, 0.15) is 5.82 Å². The van der Waals surface area contributed by atoms with Gasteiger partial charge in [-0.25, -0.2) is 4.98 Å². The van der Waals surface area contributed by atoms with Crippen LogP contribution in [0.1, 0.15) is 12.7 Å². The zero-order valence-corrected chi connectivity index (χ0v) is 10.4. The van der Waals surface area contributed by atoms with Gasteiger partial charge in [0, 0.05) is 39.0 Å². The van der Waals surface area contributed by atoms with Crippen molar-refractivity contribution in [3.05, 3.63) is 18.2 Å². The number of aryl methyl sites for hydroxylation is 1. The highest BCUT2D eigenvalue weighted by molar-refractivity contribution is 5.79. The number of imidazole rings is 1. The van der Waals surface area contributed by atoms with E-state index >= 15 is 0 Å². The summed E-state index contributed by atoms with van der Waals surface area (Å²) in [5.74, 6) is 1.72. The first-order valence-corrected chi connectivity index (χ1v) is 6.13. The standard InChI is InChI=1S/C12H20N4O/c1-9-7-13-8-10(9)12(17)15-4-3-11-14-5-6-16(11)2/h5-6,9-10,13H,3-4,7-8H2,1-2H3,(H,15,17). The summed E-state index contributed by atoms with van der Waals surface area (Å²) >= 11 is 0. The molecule has 2 N–H and O–H groups in total. The molecule has 0 radical (unpaired) electrons. The predicted molar refractivity (Wildman–Crippen MR) is 65.4 cm³/mol. The van der Waals surface area contributed by atoms with Crippen molar-refractivity contribution in [1.29, 1.82) is 0 Å². The van der Waals surface area contributed by atoms with Crippen LogP contribution in [0.5, 0.6) is 0 Å². The summed E-state index contributed by atoms with van der Waals surface area (Å²) < 4.78 is 1.98. The number of carbonyl (C=O) groups excluding carboxylic acids is 1. The normalized spacial score (nSPS) is 23.9. The monoisotopic (exact) mass is 236 g/mol. The summed E-state index contributed by atoms with van der Waals surface area (Å²) in [5.41, 5.74) is 0. The van der Waals surface area contributed by atoms with Crippen molar-refractivity contribution in [1.82, 2.24) is 20.2 Å². The van der Waals surface area contributed by atoms with Crippen LogP contribution in [-0.2, 0) is 18.3 Å². The van der Waals surface area contributed by atoms with Crippen molar-refractivity contribution in [2.45, 2.75) is 13.3 Å². The molecule has 1 fully saturated rings. The van der Waals surface area contributed by atoms with E-state index in [9.17, 15) is 4.79 Å². The lowest BCUT2D eigenvalue weighted by Crippen LogP contribution is -2.35. The second-order valence-electron chi connectivity index (χ2n) is 4.74. The molecule has 0 spiro atoms. The van der Waals surface area contributed by atoms with Gasteiger partial charge >= 0.3 is 0 Å². The van der Waals surface area contributed by atoms with Crippen molar-refractivity contribution in [3.63, 3.8) is 0 Å². The molecule has 1 aliphatic heterocycles. The molecule has 2 rings (SSSR count). The maximum Gasteiger partial charge on any atom is 0.224 e. The number of amides is 1. The molecular weight excluding hydrogens is 216 g/mol. The number of nitrogens with zero attached hydrogens (tertiary/aromatic N) is 2. The van der Waals surface area contributed by atoms with E-state index in [1.165, 1.54) is 0 Å². The third kappa shape index (κ3) is 2.85. The molecule has 94 valence electrons. The number of hydrogen-bond donors (Lipinski definition) is 2.